The molecule has 0 aliphatic heterocycles. The molecule has 2 aromatic heterocycles. The largest absolute Gasteiger partial charge is 0.354 e. The summed E-state index contributed by atoms with van der Waals surface area (Å²) in [5, 5.41) is 7.22. The van der Waals surface area contributed by atoms with Gasteiger partial charge in [-0.2, -0.15) is 5.10 Å². The van der Waals surface area contributed by atoms with E-state index in [0.717, 1.165) is 11.1 Å². The van der Waals surface area contributed by atoms with Gasteiger partial charge in [-0.15, -0.1) is 0 Å². The Kier molecular flexibility index (Phi) is 5.53. The quantitative estimate of drug-likeness (QED) is 0.741. The minimum Gasteiger partial charge on any atom is -0.354 e. The zero-order chi connectivity index (χ0) is 18.4. The molecule has 1 unspecified atom stereocenters. The number of nitrogens with zero attached hydrogens (tertiary/aromatic N) is 3. The van der Waals surface area contributed by atoms with Gasteiger partial charge in [-0.25, -0.2) is 4.68 Å². The molecule has 0 saturated carbocycles. The SMILES string of the molecule is CC(C(=O)NCCc1ccncc1)n1nc(-c2ccccc2)ccc1=O. The molecule has 0 aliphatic rings. The van der Waals surface area contributed by atoms with Crippen LogP contribution in [0, 0.1) is 0 Å². The summed E-state index contributed by atoms with van der Waals surface area (Å²) in [7, 11) is 0. The minimum absolute atomic E-state index is 0.237. The van der Waals surface area contributed by atoms with Gasteiger partial charge in [-0.05, 0) is 37.1 Å². The summed E-state index contributed by atoms with van der Waals surface area (Å²) in [6, 6.07) is 15.8. The van der Waals surface area contributed by atoms with Crippen LogP contribution < -0.4 is 10.9 Å². The van der Waals surface area contributed by atoms with Crippen molar-refractivity contribution in [1.82, 2.24) is 20.1 Å². The van der Waals surface area contributed by atoms with Crippen molar-refractivity contribution >= 4 is 5.91 Å². The smallest absolute Gasteiger partial charge is 0.267 e. The Morgan fingerprint density at radius 1 is 1.08 bits per heavy atom. The molecule has 6 heteroatoms. The van der Waals surface area contributed by atoms with E-state index >= 15 is 0 Å². The number of benzene rings is 1. The highest BCUT2D eigenvalue weighted by molar-refractivity contribution is 5.79. The number of hydrogen-bond donors (Lipinski definition) is 1. The van der Waals surface area contributed by atoms with Crippen LogP contribution in [-0.4, -0.2) is 27.2 Å². The number of aromatic nitrogens is 3. The van der Waals surface area contributed by atoms with Gasteiger partial charge in [0.05, 0.1) is 5.69 Å². The van der Waals surface area contributed by atoms with Crippen LogP contribution in [0.15, 0.2) is 71.8 Å². The zero-order valence-electron chi connectivity index (χ0n) is 14.5. The summed E-state index contributed by atoms with van der Waals surface area (Å²) in [5.41, 5.74) is 2.34. The second kappa shape index (κ2) is 8.20. The lowest BCUT2D eigenvalue weighted by molar-refractivity contribution is -0.124. The van der Waals surface area contributed by atoms with Crippen molar-refractivity contribution in [2.75, 3.05) is 6.54 Å². The van der Waals surface area contributed by atoms with Crippen molar-refractivity contribution in [3.8, 4) is 11.3 Å². The Morgan fingerprint density at radius 3 is 2.54 bits per heavy atom. The third-order valence-electron chi connectivity index (χ3n) is 4.10. The Balaban J connectivity index is 1.69. The molecule has 1 atom stereocenters. The second-order valence-electron chi connectivity index (χ2n) is 5.94. The number of pyridine rings is 1. The summed E-state index contributed by atoms with van der Waals surface area (Å²) >= 11 is 0. The van der Waals surface area contributed by atoms with Crippen LogP contribution in [0.25, 0.3) is 11.3 Å². The van der Waals surface area contributed by atoms with Crippen LogP contribution in [0.3, 0.4) is 0 Å². The van der Waals surface area contributed by atoms with Crippen molar-refractivity contribution in [2.24, 2.45) is 0 Å². The van der Waals surface area contributed by atoms with Crippen molar-refractivity contribution < 1.29 is 4.79 Å². The summed E-state index contributed by atoms with van der Waals surface area (Å²) in [6.07, 6.45) is 4.14. The third-order valence-corrected chi connectivity index (χ3v) is 4.10. The normalized spacial score (nSPS) is 11.7. The van der Waals surface area contributed by atoms with Crippen molar-refractivity contribution in [3.05, 3.63) is 82.9 Å². The average Bonchev–Trinajstić information content (AvgIpc) is 2.69. The molecular weight excluding hydrogens is 328 g/mol. The molecule has 1 N–H and O–H groups in total. The van der Waals surface area contributed by atoms with Crippen LogP contribution in [0.2, 0.25) is 0 Å². The molecule has 1 amide bonds. The molecule has 3 rings (SSSR count). The highest BCUT2D eigenvalue weighted by atomic mass is 16.2. The summed E-state index contributed by atoms with van der Waals surface area (Å²) in [5.74, 6) is -0.237. The molecule has 0 spiro atoms. The van der Waals surface area contributed by atoms with Gasteiger partial charge in [0.25, 0.3) is 5.56 Å². The van der Waals surface area contributed by atoms with Crippen LogP contribution in [0.1, 0.15) is 18.5 Å². The molecular formula is C20H20N4O2. The first-order valence-electron chi connectivity index (χ1n) is 8.47. The molecule has 2 heterocycles. The fourth-order valence-corrected chi connectivity index (χ4v) is 2.60. The van der Waals surface area contributed by atoms with E-state index in [1.165, 1.54) is 10.7 Å². The Morgan fingerprint density at radius 2 is 1.81 bits per heavy atom. The van der Waals surface area contributed by atoms with Crippen LogP contribution in [0.4, 0.5) is 0 Å². The van der Waals surface area contributed by atoms with E-state index in [1.54, 1.807) is 25.4 Å². The average molecular weight is 348 g/mol. The number of rotatable bonds is 6. The minimum atomic E-state index is -0.691. The van der Waals surface area contributed by atoms with Crippen molar-refractivity contribution in [3.63, 3.8) is 0 Å². The van der Waals surface area contributed by atoms with Crippen molar-refractivity contribution in [1.29, 1.82) is 0 Å². The molecule has 0 fully saturated rings. The summed E-state index contributed by atoms with van der Waals surface area (Å²) < 4.78 is 1.23. The lowest BCUT2D eigenvalue weighted by atomic mass is 10.1. The summed E-state index contributed by atoms with van der Waals surface area (Å²) in [6.45, 7) is 2.16. The first kappa shape index (κ1) is 17.5. The number of hydrogen-bond acceptors (Lipinski definition) is 4. The maximum Gasteiger partial charge on any atom is 0.267 e. The Labute approximate surface area is 151 Å². The van der Waals surface area contributed by atoms with Gasteiger partial charge in [-0.3, -0.25) is 14.6 Å². The fraction of sp³-hybridized carbons (Fsp3) is 0.200. The van der Waals surface area contributed by atoms with E-state index in [-0.39, 0.29) is 11.5 Å². The molecule has 0 bridgehead atoms. The predicted octanol–water partition coefficient (Wildman–Crippen LogP) is 2.23. The number of nitrogens with one attached hydrogen (secondary N) is 1. The monoisotopic (exact) mass is 348 g/mol. The molecule has 0 radical (unpaired) electrons. The van der Waals surface area contributed by atoms with Crippen LogP contribution in [-0.2, 0) is 11.2 Å². The van der Waals surface area contributed by atoms with Gasteiger partial charge in [0.1, 0.15) is 6.04 Å². The standard InChI is InChI=1S/C20H20N4O2/c1-15(20(26)22-14-11-16-9-12-21-13-10-16)24-19(25)8-7-18(23-24)17-5-3-2-4-6-17/h2-10,12-13,15H,11,14H2,1H3,(H,22,26). The Bertz CT molecular complexity index is 923. The van der Waals surface area contributed by atoms with Crippen molar-refractivity contribution in [2.45, 2.75) is 19.4 Å². The van der Waals surface area contributed by atoms with Gasteiger partial charge in [0.2, 0.25) is 5.91 Å². The van der Waals surface area contributed by atoms with Gasteiger partial charge in [-0.1, -0.05) is 30.3 Å². The molecule has 1 aromatic carbocycles. The predicted molar refractivity (Wildman–Crippen MR) is 99.6 cm³/mol. The fourth-order valence-electron chi connectivity index (χ4n) is 2.60. The van der Waals surface area contributed by atoms with Gasteiger partial charge in [0, 0.05) is 30.6 Å². The molecule has 0 aliphatic carbocycles. The molecule has 6 nitrogen and oxygen atoms in total. The lowest BCUT2D eigenvalue weighted by Gasteiger charge is -2.15. The number of amides is 1. The zero-order valence-corrected chi connectivity index (χ0v) is 14.5. The maximum atomic E-state index is 12.4. The first-order chi connectivity index (χ1) is 12.6. The highest BCUT2D eigenvalue weighted by Gasteiger charge is 2.17. The topological polar surface area (TPSA) is 76.9 Å². The van der Waals surface area contributed by atoms with Gasteiger partial charge >= 0.3 is 0 Å². The van der Waals surface area contributed by atoms with Crippen LogP contribution in [0.5, 0.6) is 0 Å². The van der Waals surface area contributed by atoms with E-state index in [0.29, 0.717) is 18.7 Å². The maximum absolute atomic E-state index is 12.4. The van der Waals surface area contributed by atoms with E-state index < -0.39 is 6.04 Å². The van der Waals surface area contributed by atoms with Crippen LogP contribution >= 0.6 is 0 Å². The van der Waals surface area contributed by atoms with E-state index in [2.05, 4.69) is 15.4 Å². The number of carbonyl (C=O) groups excluding carboxylic acids is 1. The molecule has 3 aromatic rings. The van der Waals surface area contributed by atoms with E-state index in [9.17, 15) is 9.59 Å². The van der Waals surface area contributed by atoms with E-state index in [4.69, 9.17) is 0 Å². The van der Waals surface area contributed by atoms with Gasteiger partial charge < -0.3 is 5.32 Å². The molecule has 132 valence electrons. The second-order valence-corrected chi connectivity index (χ2v) is 5.94. The molecule has 0 saturated heterocycles. The third kappa shape index (κ3) is 4.22. The lowest BCUT2D eigenvalue weighted by Crippen LogP contribution is -2.37. The summed E-state index contributed by atoms with van der Waals surface area (Å²) in [4.78, 5) is 28.5. The molecule has 26 heavy (non-hydrogen) atoms. The number of carbonyl (C=O) groups is 1. The van der Waals surface area contributed by atoms with E-state index in [1.807, 2.05) is 42.5 Å². The Hall–Kier alpha value is -3.28. The highest BCUT2D eigenvalue weighted by Crippen LogP contribution is 2.15. The van der Waals surface area contributed by atoms with Gasteiger partial charge in [0.15, 0.2) is 0 Å². The first-order valence-corrected chi connectivity index (χ1v) is 8.47.